The van der Waals surface area contributed by atoms with Crippen molar-refractivity contribution in [3.05, 3.63) is 35.4 Å². The lowest BCUT2D eigenvalue weighted by molar-refractivity contribution is 0.405. The highest BCUT2D eigenvalue weighted by atomic mass is 32.2. The fourth-order valence-electron chi connectivity index (χ4n) is 2.73. The van der Waals surface area contributed by atoms with E-state index in [1.165, 1.54) is 30.7 Å². The van der Waals surface area contributed by atoms with E-state index in [4.69, 9.17) is 0 Å². The number of halogens is 2. The zero-order valence-corrected chi connectivity index (χ0v) is 12.3. The van der Waals surface area contributed by atoms with Crippen LogP contribution in [0.25, 0.3) is 0 Å². The van der Waals surface area contributed by atoms with Crippen molar-refractivity contribution in [2.24, 2.45) is 0 Å². The van der Waals surface area contributed by atoms with Crippen molar-refractivity contribution >= 4 is 11.8 Å². The van der Waals surface area contributed by atoms with Crippen LogP contribution in [0.3, 0.4) is 0 Å². The molecule has 1 heterocycles. The summed E-state index contributed by atoms with van der Waals surface area (Å²) in [5, 5.41) is 3.51. The van der Waals surface area contributed by atoms with Gasteiger partial charge in [-0.05, 0) is 56.2 Å². The Morgan fingerprint density at radius 2 is 2.16 bits per heavy atom. The van der Waals surface area contributed by atoms with Crippen molar-refractivity contribution in [3.63, 3.8) is 0 Å². The summed E-state index contributed by atoms with van der Waals surface area (Å²) in [5.41, 5.74) is 0.860. The fourth-order valence-corrected chi connectivity index (χ4v) is 4.14. The molecule has 1 N–H and O–H groups in total. The number of hydrogen-bond acceptors (Lipinski definition) is 2. The van der Waals surface area contributed by atoms with E-state index in [-0.39, 0.29) is 4.75 Å². The average molecular weight is 285 g/mol. The molecule has 2 rings (SSSR count). The molecule has 0 aliphatic carbocycles. The Labute approximate surface area is 118 Å². The Hall–Kier alpha value is -0.610. The molecule has 1 aromatic carbocycles. The van der Waals surface area contributed by atoms with Crippen LogP contribution in [-0.2, 0) is 6.42 Å². The van der Waals surface area contributed by atoms with Gasteiger partial charge >= 0.3 is 0 Å². The molecule has 0 aromatic heterocycles. The van der Waals surface area contributed by atoms with Crippen LogP contribution in [0.15, 0.2) is 18.2 Å². The number of benzene rings is 1. The van der Waals surface area contributed by atoms with E-state index in [0.717, 1.165) is 18.5 Å². The molecule has 1 aromatic rings. The number of hydrogen-bond donors (Lipinski definition) is 1. The molecule has 0 bridgehead atoms. The highest BCUT2D eigenvalue weighted by Gasteiger charge is 2.37. The van der Waals surface area contributed by atoms with E-state index in [1.54, 1.807) is 6.07 Å². The van der Waals surface area contributed by atoms with Crippen molar-refractivity contribution < 1.29 is 8.78 Å². The molecule has 0 radical (unpaired) electrons. The molecule has 106 valence electrons. The van der Waals surface area contributed by atoms with Crippen LogP contribution in [0, 0.1) is 11.6 Å². The third-order valence-electron chi connectivity index (χ3n) is 3.86. The Morgan fingerprint density at radius 3 is 2.74 bits per heavy atom. The van der Waals surface area contributed by atoms with E-state index in [2.05, 4.69) is 19.2 Å². The second-order valence-corrected chi connectivity index (χ2v) is 6.96. The first kappa shape index (κ1) is 14.8. The maximum atomic E-state index is 13.3. The van der Waals surface area contributed by atoms with Gasteiger partial charge in [0.15, 0.2) is 11.6 Å². The van der Waals surface area contributed by atoms with Crippen LogP contribution in [0.5, 0.6) is 0 Å². The monoisotopic (exact) mass is 285 g/mol. The van der Waals surface area contributed by atoms with Gasteiger partial charge in [0.1, 0.15) is 0 Å². The molecule has 1 aliphatic rings. The number of likely N-dealkylation sites (N-methyl/N-ethyl adjacent to an activating group) is 1. The summed E-state index contributed by atoms with van der Waals surface area (Å²) in [6, 6.07) is 4.53. The second kappa shape index (κ2) is 6.23. The van der Waals surface area contributed by atoms with Gasteiger partial charge in [-0.1, -0.05) is 13.0 Å². The minimum Gasteiger partial charge on any atom is -0.313 e. The van der Waals surface area contributed by atoms with Crippen LogP contribution < -0.4 is 5.32 Å². The largest absolute Gasteiger partial charge is 0.313 e. The Morgan fingerprint density at radius 1 is 1.37 bits per heavy atom. The molecule has 0 amide bonds. The molecule has 1 nitrogen and oxygen atoms in total. The Kier molecular flexibility index (Phi) is 4.85. The van der Waals surface area contributed by atoms with Crippen LogP contribution in [0.4, 0.5) is 8.78 Å². The Balaban J connectivity index is 2.13. The van der Waals surface area contributed by atoms with Gasteiger partial charge < -0.3 is 5.32 Å². The molecule has 1 aliphatic heterocycles. The quantitative estimate of drug-likeness (QED) is 0.884. The van der Waals surface area contributed by atoms with Crippen molar-refractivity contribution in [1.29, 1.82) is 0 Å². The molecule has 19 heavy (non-hydrogen) atoms. The van der Waals surface area contributed by atoms with Crippen molar-refractivity contribution in [1.82, 2.24) is 5.32 Å². The molecule has 0 spiro atoms. The third-order valence-corrected chi connectivity index (χ3v) is 5.50. The average Bonchev–Trinajstić information content (AvgIpc) is 2.81. The summed E-state index contributed by atoms with van der Waals surface area (Å²) in [6.07, 6.45) is 3.16. The van der Waals surface area contributed by atoms with Gasteiger partial charge in [0.25, 0.3) is 0 Å². The van der Waals surface area contributed by atoms with Gasteiger partial charge in [-0.2, -0.15) is 11.8 Å². The summed E-state index contributed by atoms with van der Waals surface area (Å²) < 4.78 is 26.4. The smallest absolute Gasteiger partial charge is 0.159 e. The molecule has 2 atom stereocenters. The normalized spacial score (nSPS) is 24.6. The first-order chi connectivity index (χ1) is 9.05. The van der Waals surface area contributed by atoms with Crippen LogP contribution >= 0.6 is 11.8 Å². The lowest BCUT2D eigenvalue weighted by atomic mass is 9.90. The van der Waals surface area contributed by atoms with Gasteiger partial charge in [0.2, 0.25) is 0 Å². The molecular formula is C15H21F2NS. The first-order valence-corrected chi connectivity index (χ1v) is 7.85. The first-order valence-electron chi connectivity index (χ1n) is 6.86. The van der Waals surface area contributed by atoms with Crippen molar-refractivity contribution in [3.8, 4) is 0 Å². The predicted octanol–water partition coefficient (Wildman–Crippen LogP) is 3.77. The maximum absolute atomic E-state index is 13.3. The van der Waals surface area contributed by atoms with Crippen molar-refractivity contribution in [2.75, 3.05) is 12.3 Å². The van der Waals surface area contributed by atoms with Gasteiger partial charge in [-0.25, -0.2) is 8.78 Å². The second-order valence-electron chi connectivity index (χ2n) is 5.33. The summed E-state index contributed by atoms with van der Waals surface area (Å²) in [6.45, 7) is 5.25. The highest BCUT2D eigenvalue weighted by Crippen LogP contribution is 2.41. The molecule has 0 saturated carbocycles. The number of thioether (sulfide) groups is 1. The fraction of sp³-hybridized carbons (Fsp3) is 0.600. The molecule has 1 saturated heterocycles. The molecular weight excluding hydrogens is 264 g/mol. The summed E-state index contributed by atoms with van der Waals surface area (Å²) in [5.74, 6) is -0.335. The van der Waals surface area contributed by atoms with Gasteiger partial charge in [0.05, 0.1) is 0 Å². The summed E-state index contributed by atoms with van der Waals surface area (Å²) >= 11 is 1.99. The van der Waals surface area contributed by atoms with Crippen molar-refractivity contribution in [2.45, 2.75) is 43.9 Å². The standard InChI is InChI=1S/C15H21F2NS/c1-3-18-14(15(2)7-4-8-19-15)10-11-5-6-12(16)13(17)9-11/h5-6,9,14,18H,3-4,7-8,10H2,1-2H3. The predicted molar refractivity (Wildman–Crippen MR) is 77.6 cm³/mol. The SMILES string of the molecule is CCNC(Cc1ccc(F)c(F)c1)C1(C)CCCS1. The van der Waals surface area contributed by atoms with Crippen LogP contribution in [0.1, 0.15) is 32.3 Å². The minimum atomic E-state index is -0.773. The summed E-state index contributed by atoms with van der Waals surface area (Å²) in [7, 11) is 0. The van der Waals surface area contributed by atoms with Gasteiger partial charge in [0, 0.05) is 10.8 Å². The molecule has 2 unspecified atom stereocenters. The van der Waals surface area contributed by atoms with E-state index in [1.807, 2.05) is 11.8 Å². The van der Waals surface area contributed by atoms with Gasteiger partial charge in [-0.15, -0.1) is 0 Å². The number of nitrogens with one attached hydrogen (secondary N) is 1. The summed E-state index contributed by atoms with van der Waals surface area (Å²) in [4.78, 5) is 0. The lowest BCUT2D eigenvalue weighted by Crippen LogP contribution is -2.46. The minimum absolute atomic E-state index is 0.195. The topological polar surface area (TPSA) is 12.0 Å². The zero-order chi connectivity index (χ0) is 13.9. The maximum Gasteiger partial charge on any atom is 0.159 e. The Bertz CT molecular complexity index is 430. The highest BCUT2D eigenvalue weighted by molar-refractivity contribution is 8.00. The lowest BCUT2D eigenvalue weighted by Gasteiger charge is -2.34. The van der Waals surface area contributed by atoms with E-state index in [9.17, 15) is 8.78 Å². The molecule has 4 heteroatoms. The number of rotatable bonds is 5. The van der Waals surface area contributed by atoms with E-state index in [0.29, 0.717) is 6.04 Å². The van der Waals surface area contributed by atoms with Gasteiger partial charge in [-0.3, -0.25) is 0 Å². The van der Waals surface area contributed by atoms with Crippen LogP contribution in [0.2, 0.25) is 0 Å². The molecule has 1 fully saturated rings. The third kappa shape index (κ3) is 3.48. The van der Waals surface area contributed by atoms with E-state index >= 15 is 0 Å². The van der Waals surface area contributed by atoms with Crippen LogP contribution in [-0.4, -0.2) is 23.1 Å². The van der Waals surface area contributed by atoms with E-state index < -0.39 is 11.6 Å². The zero-order valence-electron chi connectivity index (χ0n) is 11.5.